The molecule has 0 spiro atoms. The van der Waals surface area contributed by atoms with Gasteiger partial charge in [0.2, 0.25) is 5.82 Å². The molecular weight excluding hydrogens is 294 g/mol. The number of carbonyl (C=O) groups is 1. The van der Waals surface area contributed by atoms with Crippen LogP contribution in [0.2, 0.25) is 0 Å². The van der Waals surface area contributed by atoms with Gasteiger partial charge in [0.05, 0.1) is 18.1 Å². The minimum absolute atomic E-state index is 0.0546. The highest BCUT2D eigenvalue weighted by atomic mass is 32.1. The van der Waals surface area contributed by atoms with Gasteiger partial charge >= 0.3 is 11.7 Å². The van der Waals surface area contributed by atoms with E-state index in [0.717, 1.165) is 4.88 Å². The van der Waals surface area contributed by atoms with Crippen LogP contribution in [-0.2, 0) is 11.3 Å². The second kappa shape index (κ2) is 6.80. The molecule has 0 saturated carbocycles. The molecule has 110 valence electrons. The number of nitro groups is 1. The molecule has 0 aliphatic heterocycles. The van der Waals surface area contributed by atoms with E-state index in [-0.39, 0.29) is 23.7 Å². The molecule has 0 saturated heterocycles. The van der Waals surface area contributed by atoms with E-state index in [1.165, 1.54) is 23.6 Å². The van der Waals surface area contributed by atoms with Crippen molar-refractivity contribution in [2.24, 2.45) is 0 Å². The number of hydrogen-bond acceptors (Lipinski definition) is 7. The summed E-state index contributed by atoms with van der Waals surface area (Å²) in [4.78, 5) is 27.3. The van der Waals surface area contributed by atoms with E-state index in [1.807, 2.05) is 17.5 Å². The van der Waals surface area contributed by atoms with Crippen molar-refractivity contribution >= 4 is 28.8 Å². The van der Waals surface area contributed by atoms with Gasteiger partial charge in [-0.15, -0.1) is 11.3 Å². The number of hydrogen-bond donors (Lipinski definition) is 1. The summed E-state index contributed by atoms with van der Waals surface area (Å²) in [6.07, 6.45) is 1.34. The number of pyridine rings is 1. The Balaban J connectivity index is 2.29. The number of anilines is 1. The first-order valence-electron chi connectivity index (χ1n) is 6.20. The first-order valence-corrected chi connectivity index (χ1v) is 7.08. The average Bonchev–Trinajstić information content (AvgIpc) is 2.98. The van der Waals surface area contributed by atoms with Gasteiger partial charge in [0.25, 0.3) is 0 Å². The van der Waals surface area contributed by atoms with Crippen LogP contribution in [0.5, 0.6) is 0 Å². The van der Waals surface area contributed by atoms with Gasteiger partial charge in [-0.25, -0.2) is 9.78 Å². The van der Waals surface area contributed by atoms with E-state index >= 15 is 0 Å². The average molecular weight is 307 g/mol. The lowest BCUT2D eigenvalue weighted by molar-refractivity contribution is -0.384. The second-order valence-electron chi connectivity index (χ2n) is 3.97. The summed E-state index contributed by atoms with van der Waals surface area (Å²) in [6, 6.07) is 5.07. The highest BCUT2D eigenvalue weighted by molar-refractivity contribution is 7.09. The monoisotopic (exact) mass is 307 g/mol. The van der Waals surface area contributed by atoms with Crippen LogP contribution in [0.15, 0.2) is 29.8 Å². The summed E-state index contributed by atoms with van der Waals surface area (Å²) in [7, 11) is 0. The topological polar surface area (TPSA) is 94.4 Å². The van der Waals surface area contributed by atoms with Crippen molar-refractivity contribution in [2.75, 3.05) is 11.9 Å². The molecule has 2 aromatic rings. The number of ether oxygens (including phenoxy) is 1. The van der Waals surface area contributed by atoms with Gasteiger partial charge in [-0.3, -0.25) is 10.1 Å². The molecule has 7 nitrogen and oxygen atoms in total. The van der Waals surface area contributed by atoms with Crippen LogP contribution in [0.1, 0.15) is 22.2 Å². The third-order valence-corrected chi connectivity index (χ3v) is 3.49. The molecule has 0 aliphatic carbocycles. The molecule has 0 amide bonds. The molecule has 0 aliphatic rings. The molecule has 0 bridgehead atoms. The predicted octanol–water partition coefficient (Wildman–Crippen LogP) is 2.84. The Labute approximate surface area is 124 Å². The predicted molar refractivity (Wildman–Crippen MR) is 78.5 cm³/mol. The Bertz CT molecular complexity index is 643. The van der Waals surface area contributed by atoms with Crippen LogP contribution in [-0.4, -0.2) is 22.5 Å². The standard InChI is InChI=1S/C13H13N3O4S/c1-2-20-13(17)10-5-6-14-12(11(10)16(18)19)15-8-9-4-3-7-21-9/h3-7H,2,8H2,1H3,(H,14,15). The Kier molecular flexibility index (Phi) is 4.83. The van der Waals surface area contributed by atoms with Crippen LogP contribution in [0.4, 0.5) is 11.5 Å². The maximum Gasteiger partial charge on any atom is 0.345 e. The quantitative estimate of drug-likeness (QED) is 0.501. The van der Waals surface area contributed by atoms with E-state index < -0.39 is 10.9 Å². The van der Waals surface area contributed by atoms with E-state index in [4.69, 9.17) is 4.74 Å². The zero-order valence-electron chi connectivity index (χ0n) is 11.2. The fraction of sp³-hybridized carbons (Fsp3) is 0.231. The Morgan fingerprint density at radius 3 is 2.95 bits per heavy atom. The molecule has 2 aromatic heterocycles. The highest BCUT2D eigenvalue weighted by Crippen LogP contribution is 2.27. The van der Waals surface area contributed by atoms with E-state index in [0.29, 0.717) is 6.54 Å². The molecule has 21 heavy (non-hydrogen) atoms. The third kappa shape index (κ3) is 3.54. The number of esters is 1. The maximum atomic E-state index is 11.8. The number of aromatic nitrogens is 1. The third-order valence-electron chi connectivity index (χ3n) is 2.61. The number of rotatable bonds is 6. The van der Waals surface area contributed by atoms with Crippen molar-refractivity contribution in [3.8, 4) is 0 Å². The number of carbonyl (C=O) groups excluding carboxylic acids is 1. The molecule has 0 fully saturated rings. The Morgan fingerprint density at radius 1 is 1.52 bits per heavy atom. The van der Waals surface area contributed by atoms with E-state index in [1.54, 1.807) is 6.92 Å². The summed E-state index contributed by atoms with van der Waals surface area (Å²) in [5.74, 6) is -0.676. The molecule has 0 radical (unpaired) electrons. The molecule has 0 unspecified atom stereocenters. The lowest BCUT2D eigenvalue weighted by Crippen LogP contribution is -2.11. The summed E-state index contributed by atoms with van der Waals surface area (Å²) < 4.78 is 4.83. The van der Waals surface area contributed by atoms with Crippen molar-refractivity contribution < 1.29 is 14.5 Å². The van der Waals surface area contributed by atoms with Crippen molar-refractivity contribution in [3.63, 3.8) is 0 Å². The maximum absolute atomic E-state index is 11.8. The Morgan fingerprint density at radius 2 is 2.33 bits per heavy atom. The van der Waals surface area contributed by atoms with E-state index in [9.17, 15) is 14.9 Å². The Hall–Kier alpha value is -2.48. The summed E-state index contributed by atoms with van der Waals surface area (Å²) in [5, 5.41) is 16.0. The fourth-order valence-electron chi connectivity index (χ4n) is 1.73. The molecule has 2 heterocycles. The summed E-state index contributed by atoms with van der Waals surface area (Å²) >= 11 is 1.52. The van der Waals surface area contributed by atoms with Gasteiger partial charge in [0.15, 0.2) is 0 Å². The zero-order chi connectivity index (χ0) is 15.2. The number of thiophene rings is 1. The van der Waals surface area contributed by atoms with Gasteiger partial charge in [0, 0.05) is 11.1 Å². The minimum atomic E-state index is -0.731. The van der Waals surface area contributed by atoms with Crippen molar-refractivity contribution in [3.05, 3.63) is 50.3 Å². The number of nitrogens with one attached hydrogen (secondary N) is 1. The molecule has 0 atom stereocenters. The normalized spacial score (nSPS) is 10.1. The lowest BCUT2D eigenvalue weighted by atomic mass is 10.2. The first kappa shape index (κ1) is 14.9. The lowest BCUT2D eigenvalue weighted by Gasteiger charge is -2.08. The largest absolute Gasteiger partial charge is 0.462 e. The van der Waals surface area contributed by atoms with E-state index in [2.05, 4.69) is 10.3 Å². The van der Waals surface area contributed by atoms with Crippen LogP contribution >= 0.6 is 11.3 Å². The molecular formula is C13H13N3O4S. The van der Waals surface area contributed by atoms with Crippen LogP contribution in [0.3, 0.4) is 0 Å². The van der Waals surface area contributed by atoms with Gasteiger partial charge in [0.1, 0.15) is 5.56 Å². The van der Waals surface area contributed by atoms with Gasteiger partial charge in [-0.1, -0.05) is 6.07 Å². The van der Waals surface area contributed by atoms with Crippen molar-refractivity contribution in [2.45, 2.75) is 13.5 Å². The molecule has 2 rings (SSSR count). The SMILES string of the molecule is CCOC(=O)c1ccnc(NCc2cccs2)c1[N+](=O)[O-]. The van der Waals surface area contributed by atoms with Crippen LogP contribution in [0, 0.1) is 10.1 Å². The van der Waals surface area contributed by atoms with Crippen molar-refractivity contribution in [1.82, 2.24) is 4.98 Å². The number of nitrogens with zero attached hydrogens (tertiary/aromatic N) is 2. The van der Waals surface area contributed by atoms with Crippen LogP contribution < -0.4 is 5.32 Å². The molecule has 1 N–H and O–H groups in total. The minimum Gasteiger partial charge on any atom is -0.462 e. The van der Waals surface area contributed by atoms with Gasteiger partial charge in [-0.2, -0.15) is 0 Å². The molecule has 0 aromatic carbocycles. The second-order valence-corrected chi connectivity index (χ2v) is 5.00. The smallest absolute Gasteiger partial charge is 0.345 e. The first-order chi connectivity index (χ1) is 10.1. The molecule has 8 heteroatoms. The summed E-state index contributed by atoms with van der Waals surface area (Å²) in [5.41, 5.74) is -0.474. The van der Waals surface area contributed by atoms with Gasteiger partial charge < -0.3 is 10.1 Å². The highest BCUT2D eigenvalue weighted by Gasteiger charge is 2.26. The van der Waals surface area contributed by atoms with Crippen molar-refractivity contribution in [1.29, 1.82) is 0 Å². The summed E-state index contributed by atoms with van der Waals surface area (Å²) in [6.45, 7) is 2.19. The van der Waals surface area contributed by atoms with Gasteiger partial charge in [-0.05, 0) is 24.4 Å². The zero-order valence-corrected chi connectivity index (χ0v) is 12.1. The fourth-order valence-corrected chi connectivity index (χ4v) is 2.37. The van der Waals surface area contributed by atoms with Crippen LogP contribution in [0.25, 0.3) is 0 Å².